The lowest BCUT2D eigenvalue weighted by molar-refractivity contribution is -0.133. The zero-order valence-electron chi connectivity index (χ0n) is 21.0. The summed E-state index contributed by atoms with van der Waals surface area (Å²) < 4.78 is 24.2. The van der Waals surface area contributed by atoms with Gasteiger partial charge in [-0.3, -0.25) is 19.5 Å². The molecule has 2 N–H and O–H groups in total. The number of rotatable bonds is 8. The van der Waals surface area contributed by atoms with Crippen LogP contribution < -0.4 is 15.4 Å². The number of para-hydroxylation sites is 1. The molecular formula is C29H24FN5O3S. The van der Waals surface area contributed by atoms with Gasteiger partial charge in [0.2, 0.25) is 11.8 Å². The Balaban J connectivity index is 1.33. The van der Waals surface area contributed by atoms with Crippen LogP contribution in [0.1, 0.15) is 19.8 Å². The van der Waals surface area contributed by atoms with Crippen molar-refractivity contribution in [2.45, 2.75) is 26.3 Å². The van der Waals surface area contributed by atoms with Gasteiger partial charge in [0.25, 0.3) is 0 Å². The highest BCUT2D eigenvalue weighted by Crippen LogP contribution is 2.49. The molecule has 8 nitrogen and oxygen atoms in total. The van der Waals surface area contributed by atoms with Crippen molar-refractivity contribution in [3.63, 3.8) is 0 Å². The highest BCUT2D eigenvalue weighted by Gasteiger charge is 2.57. The van der Waals surface area contributed by atoms with Crippen LogP contribution in [0.15, 0.2) is 79.4 Å². The normalized spacial score (nSPS) is 13.8. The molecule has 1 aliphatic carbocycles. The monoisotopic (exact) mass is 541 g/mol. The number of primary amides is 1. The van der Waals surface area contributed by atoms with E-state index in [0.29, 0.717) is 24.3 Å². The van der Waals surface area contributed by atoms with Crippen molar-refractivity contribution in [2.24, 2.45) is 11.1 Å². The van der Waals surface area contributed by atoms with E-state index in [0.717, 1.165) is 27.3 Å². The number of aromatic nitrogens is 3. The predicted octanol–water partition coefficient (Wildman–Crippen LogP) is 6.04. The number of aryl methyl sites for hydroxylation is 1. The van der Waals surface area contributed by atoms with E-state index in [9.17, 15) is 9.59 Å². The maximum Gasteiger partial charge on any atom is 0.247 e. The molecule has 0 unspecified atom stereocenters. The number of anilines is 2. The van der Waals surface area contributed by atoms with Crippen LogP contribution in [0.3, 0.4) is 0 Å². The molecule has 1 fully saturated rings. The van der Waals surface area contributed by atoms with E-state index in [2.05, 4.69) is 9.97 Å². The minimum absolute atomic E-state index is 0.00652. The molecule has 196 valence electrons. The number of carbonyl (C=O) groups is 2. The van der Waals surface area contributed by atoms with E-state index in [-0.39, 0.29) is 11.4 Å². The van der Waals surface area contributed by atoms with Gasteiger partial charge in [0.15, 0.2) is 11.6 Å². The number of thiophene rings is 1. The van der Waals surface area contributed by atoms with Crippen LogP contribution in [0.5, 0.6) is 11.5 Å². The van der Waals surface area contributed by atoms with Crippen molar-refractivity contribution in [1.29, 1.82) is 0 Å². The molecule has 39 heavy (non-hydrogen) atoms. The summed E-state index contributed by atoms with van der Waals surface area (Å²) in [4.78, 5) is 36.8. The van der Waals surface area contributed by atoms with Crippen LogP contribution in [0.4, 0.5) is 15.8 Å². The first-order chi connectivity index (χ1) is 18.9. The SMILES string of the molecule is CCn1cnc(-c2cc3nccc(Oc4ccc(N(C(=O)C5(C(N)=O)CC5)c5ccccc5)cc4F)c3s2)c1. The number of nitrogens with zero attached hydrogens (tertiary/aromatic N) is 4. The van der Waals surface area contributed by atoms with Gasteiger partial charge in [-0.25, -0.2) is 9.37 Å². The van der Waals surface area contributed by atoms with E-state index >= 15 is 4.39 Å². The van der Waals surface area contributed by atoms with Gasteiger partial charge >= 0.3 is 0 Å². The molecule has 3 heterocycles. The van der Waals surface area contributed by atoms with E-state index < -0.39 is 23.0 Å². The van der Waals surface area contributed by atoms with E-state index in [1.165, 1.54) is 28.4 Å². The third-order valence-electron chi connectivity index (χ3n) is 6.87. The predicted molar refractivity (Wildman–Crippen MR) is 147 cm³/mol. The van der Waals surface area contributed by atoms with Crippen molar-refractivity contribution < 1.29 is 18.7 Å². The second-order valence-corrected chi connectivity index (χ2v) is 10.4. The molecule has 0 radical (unpaired) electrons. The quantitative estimate of drug-likeness (QED) is 0.241. The topological polar surface area (TPSA) is 103 Å². The van der Waals surface area contributed by atoms with Gasteiger partial charge in [-0.1, -0.05) is 18.2 Å². The Hall–Kier alpha value is -4.57. The van der Waals surface area contributed by atoms with Gasteiger partial charge in [0.1, 0.15) is 11.2 Å². The van der Waals surface area contributed by atoms with Gasteiger partial charge in [-0.05, 0) is 50.1 Å². The number of nitrogens with two attached hydrogens (primary N) is 1. The van der Waals surface area contributed by atoms with Crippen LogP contribution in [0, 0.1) is 11.2 Å². The molecule has 0 atom stereocenters. The smallest absolute Gasteiger partial charge is 0.247 e. The zero-order valence-corrected chi connectivity index (χ0v) is 21.8. The zero-order chi connectivity index (χ0) is 27.1. The Labute approximate surface area is 227 Å². The molecule has 6 rings (SSSR count). The van der Waals surface area contributed by atoms with Crippen LogP contribution in [-0.4, -0.2) is 26.3 Å². The molecule has 2 aromatic carbocycles. The molecule has 3 aromatic heterocycles. The van der Waals surface area contributed by atoms with Crippen LogP contribution >= 0.6 is 11.3 Å². The molecule has 1 aliphatic rings. The Morgan fingerprint density at radius 2 is 1.87 bits per heavy atom. The van der Waals surface area contributed by atoms with Crippen LogP contribution in [-0.2, 0) is 16.1 Å². The van der Waals surface area contributed by atoms with Gasteiger partial charge in [-0.2, -0.15) is 0 Å². The molecule has 0 bridgehead atoms. The Morgan fingerprint density at radius 1 is 1.08 bits per heavy atom. The molecule has 10 heteroatoms. The van der Waals surface area contributed by atoms with E-state index in [1.54, 1.807) is 48.9 Å². The summed E-state index contributed by atoms with van der Waals surface area (Å²) in [5, 5.41) is 0. The number of imidazole rings is 1. The second kappa shape index (κ2) is 9.63. The first-order valence-corrected chi connectivity index (χ1v) is 13.3. The number of fused-ring (bicyclic) bond motifs is 1. The molecule has 5 aromatic rings. The average Bonchev–Trinajstić information content (AvgIpc) is 3.42. The molecule has 1 saturated carbocycles. The van der Waals surface area contributed by atoms with Crippen molar-refractivity contribution in [1.82, 2.24) is 14.5 Å². The van der Waals surface area contributed by atoms with E-state index in [1.807, 2.05) is 29.8 Å². The first kappa shape index (κ1) is 24.7. The summed E-state index contributed by atoms with van der Waals surface area (Å²) in [6.45, 7) is 2.86. The number of hydrogen-bond donors (Lipinski definition) is 1. The second-order valence-electron chi connectivity index (χ2n) is 9.36. The molecule has 0 saturated heterocycles. The average molecular weight is 542 g/mol. The molecule has 2 amide bonds. The molecule has 0 aliphatic heterocycles. The summed E-state index contributed by atoms with van der Waals surface area (Å²) in [5.41, 5.74) is 6.63. The lowest BCUT2D eigenvalue weighted by Gasteiger charge is -2.26. The number of amides is 2. The highest BCUT2D eigenvalue weighted by atomic mass is 32.1. The van der Waals surface area contributed by atoms with Crippen molar-refractivity contribution in [3.8, 4) is 22.1 Å². The lowest BCUT2D eigenvalue weighted by atomic mass is 10.0. The van der Waals surface area contributed by atoms with Crippen molar-refractivity contribution >= 4 is 44.7 Å². The van der Waals surface area contributed by atoms with Gasteiger partial charge < -0.3 is 15.0 Å². The highest BCUT2D eigenvalue weighted by molar-refractivity contribution is 7.22. The van der Waals surface area contributed by atoms with Gasteiger partial charge in [-0.15, -0.1) is 11.3 Å². The summed E-state index contributed by atoms with van der Waals surface area (Å²) in [5.74, 6) is -1.35. The maximum absolute atomic E-state index is 15.5. The minimum atomic E-state index is -1.27. The van der Waals surface area contributed by atoms with Crippen molar-refractivity contribution in [3.05, 3.63) is 85.2 Å². The number of carbonyl (C=O) groups excluding carboxylic acids is 2. The number of pyridine rings is 1. The minimum Gasteiger partial charge on any atom is -0.453 e. The third-order valence-corrected chi connectivity index (χ3v) is 8.03. The first-order valence-electron chi connectivity index (χ1n) is 12.5. The van der Waals surface area contributed by atoms with Crippen LogP contribution in [0.25, 0.3) is 20.8 Å². The Bertz CT molecular complexity index is 1710. The summed E-state index contributed by atoms with van der Waals surface area (Å²) in [6, 6.07) is 16.7. The molecule has 0 spiro atoms. The molecular weight excluding hydrogens is 517 g/mol. The van der Waals surface area contributed by atoms with Gasteiger partial charge in [0, 0.05) is 36.8 Å². The fraction of sp³-hybridized carbons (Fsp3) is 0.172. The summed E-state index contributed by atoms with van der Waals surface area (Å²) >= 11 is 1.47. The fourth-order valence-electron chi connectivity index (χ4n) is 4.48. The lowest BCUT2D eigenvalue weighted by Crippen LogP contribution is -2.41. The number of hydrogen-bond acceptors (Lipinski definition) is 6. The van der Waals surface area contributed by atoms with Crippen LogP contribution in [0.2, 0.25) is 0 Å². The summed E-state index contributed by atoms with van der Waals surface area (Å²) in [7, 11) is 0. The standard InChI is InChI=1S/C29H24FN5O3S/c1-2-34-16-22(33-17-34)25-15-21-26(39-25)24(10-13-32-21)38-23-9-8-19(14-20(23)30)35(18-6-4-3-5-7-18)28(37)29(11-12-29)27(31)36/h3-10,13-17H,2,11-12H2,1H3,(H2,31,36). The number of ether oxygens (including phenoxy) is 1. The number of benzene rings is 2. The van der Waals surface area contributed by atoms with Gasteiger partial charge in [0.05, 0.1) is 32.8 Å². The fourth-order valence-corrected chi connectivity index (χ4v) is 5.50. The third kappa shape index (κ3) is 4.42. The summed E-state index contributed by atoms with van der Waals surface area (Å²) in [6.07, 6.45) is 6.09. The Morgan fingerprint density at radius 3 is 2.54 bits per heavy atom. The number of halogens is 1. The Kier molecular flexibility index (Phi) is 6.11. The maximum atomic E-state index is 15.5. The largest absolute Gasteiger partial charge is 0.453 e. The van der Waals surface area contributed by atoms with E-state index in [4.69, 9.17) is 10.5 Å². The van der Waals surface area contributed by atoms with Crippen molar-refractivity contribution in [2.75, 3.05) is 4.90 Å².